The Balaban J connectivity index is 1.70. The zero-order valence-corrected chi connectivity index (χ0v) is 10.8. The third kappa shape index (κ3) is 3.41. The van der Waals surface area contributed by atoms with Crippen LogP contribution in [-0.4, -0.2) is 62.3 Å². The molecule has 2 saturated heterocycles. The molecule has 0 amide bonds. The standard InChI is InChI=1S/C13H23N3O/c1-17-9-8-15-5-3-13(4-6-15)16-7-2-12(10-14)11-16/h12-13H,2-9,11H2,1H3. The molecule has 2 aliphatic heterocycles. The van der Waals surface area contributed by atoms with Gasteiger partial charge in [0, 0.05) is 26.2 Å². The van der Waals surface area contributed by atoms with Crippen LogP contribution in [-0.2, 0) is 4.74 Å². The molecule has 0 aromatic heterocycles. The van der Waals surface area contributed by atoms with Crippen LogP contribution < -0.4 is 0 Å². The fourth-order valence-corrected chi connectivity index (χ4v) is 2.95. The van der Waals surface area contributed by atoms with E-state index in [0.29, 0.717) is 6.04 Å². The second-order valence-electron chi connectivity index (χ2n) is 5.18. The van der Waals surface area contributed by atoms with Gasteiger partial charge in [-0.3, -0.25) is 4.90 Å². The van der Waals surface area contributed by atoms with Crippen molar-refractivity contribution in [3.05, 3.63) is 0 Å². The van der Waals surface area contributed by atoms with Gasteiger partial charge in [-0.15, -0.1) is 0 Å². The van der Waals surface area contributed by atoms with Crippen LogP contribution in [0.1, 0.15) is 19.3 Å². The molecule has 1 atom stereocenters. The van der Waals surface area contributed by atoms with E-state index in [0.717, 1.165) is 32.7 Å². The predicted octanol–water partition coefficient (Wildman–Crippen LogP) is 0.943. The molecule has 0 saturated carbocycles. The van der Waals surface area contributed by atoms with Crippen molar-refractivity contribution in [2.24, 2.45) is 5.92 Å². The first kappa shape index (κ1) is 12.8. The molecule has 0 bridgehead atoms. The number of nitriles is 1. The number of rotatable bonds is 4. The quantitative estimate of drug-likeness (QED) is 0.729. The van der Waals surface area contributed by atoms with Crippen molar-refractivity contribution in [1.82, 2.24) is 9.80 Å². The third-order valence-corrected chi connectivity index (χ3v) is 4.09. The Hall–Kier alpha value is -0.630. The molecule has 2 aliphatic rings. The summed E-state index contributed by atoms with van der Waals surface area (Å²) in [6.45, 7) is 6.39. The molecule has 0 spiro atoms. The summed E-state index contributed by atoms with van der Waals surface area (Å²) >= 11 is 0. The van der Waals surface area contributed by atoms with Gasteiger partial charge in [-0.1, -0.05) is 0 Å². The van der Waals surface area contributed by atoms with E-state index in [1.807, 2.05) is 0 Å². The first-order valence-electron chi connectivity index (χ1n) is 6.68. The molecular weight excluding hydrogens is 214 g/mol. The van der Waals surface area contributed by atoms with E-state index in [1.165, 1.54) is 25.9 Å². The Labute approximate surface area is 104 Å². The molecule has 0 aromatic carbocycles. The maximum Gasteiger partial charge on any atom is 0.0669 e. The number of ether oxygens (including phenoxy) is 1. The van der Waals surface area contributed by atoms with Crippen LogP contribution in [0.25, 0.3) is 0 Å². The summed E-state index contributed by atoms with van der Waals surface area (Å²) in [5, 5.41) is 8.92. The number of piperidine rings is 1. The summed E-state index contributed by atoms with van der Waals surface area (Å²) < 4.78 is 5.11. The van der Waals surface area contributed by atoms with Crippen molar-refractivity contribution in [3.8, 4) is 6.07 Å². The molecule has 2 fully saturated rings. The molecule has 4 nitrogen and oxygen atoms in total. The van der Waals surface area contributed by atoms with Crippen LogP contribution in [0.5, 0.6) is 0 Å². The lowest BCUT2D eigenvalue weighted by atomic mass is 10.0. The Bertz CT molecular complexity index is 268. The zero-order chi connectivity index (χ0) is 12.1. The van der Waals surface area contributed by atoms with E-state index in [9.17, 15) is 0 Å². The highest BCUT2D eigenvalue weighted by molar-refractivity contribution is 4.93. The molecule has 96 valence electrons. The summed E-state index contributed by atoms with van der Waals surface area (Å²) in [6.07, 6.45) is 3.57. The highest BCUT2D eigenvalue weighted by Crippen LogP contribution is 2.23. The van der Waals surface area contributed by atoms with Gasteiger partial charge in [0.1, 0.15) is 0 Å². The molecule has 2 rings (SSSR count). The molecule has 4 heteroatoms. The molecule has 0 N–H and O–H groups in total. The van der Waals surface area contributed by atoms with E-state index < -0.39 is 0 Å². The topological polar surface area (TPSA) is 39.5 Å². The second-order valence-corrected chi connectivity index (χ2v) is 5.18. The molecule has 0 aliphatic carbocycles. The van der Waals surface area contributed by atoms with Crippen molar-refractivity contribution in [3.63, 3.8) is 0 Å². The maximum absolute atomic E-state index is 8.92. The lowest BCUT2D eigenvalue weighted by Gasteiger charge is -2.36. The first-order chi connectivity index (χ1) is 8.33. The maximum atomic E-state index is 8.92. The summed E-state index contributed by atoms with van der Waals surface area (Å²) in [6, 6.07) is 3.12. The van der Waals surface area contributed by atoms with Crippen LogP contribution in [0.2, 0.25) is 0 Å². The van der Waals surface area contributed by atoms with Gasteiger partial charge in [0.05, 0.1) is 18.6 Å². The molecule has 0 aromatic rings. The molecule has 1 unspecified atom stereocenters. The monoisotopic (exact) mass is 237 g/mol. The Morgan fingerprint density at radius 3 is 2.59 bits per heavy atom. The van der Waals surface area contributed by atoms with Crippen LogP contribution in [0.3, 0.4) is 0 Å². The Kier molecular flexibility index (Phi) is 4.78. The average molecular weight is 237 g/mol. The van der Waals surface area contributed by atoms with Gasteiger partial charge < -0.3 is 9.64 Å². The molecular formula is C13H23N3O. The number of hydrogen-bond donors (Lipinski definition) is 0. The van der Waals surface area contributed by atoms with Gasteiger partial charge in [-0.2, -0.15) is 5.26 Å². The largest absolute Gasteiger partial charge is 0.383 e. The highest BCUT2D eigenvalue weighted by atomic mass is 16.5. The summed E-state index contributed by atoms with van der Waals surface area (Å²) in [5.74, 6) is 0.279. The van der Waals surface area contributed by atoms with Crippen LogP contribution >= 0.6 is 0 Å². The third-order valence-electron chi connectivity index (χ3n) is 4.09. The molecule has 17 heavy (non-hydrogen) atoms. The Morgan fingerprint density at radius 2 is 2.00 bits per heavy atom. The van der Waals surface area contributed by atoms with Crippen molar-refractivity contribution in [2.45, 2.75) is 25.3 Å². The van der Waals surface area contributed by atoms with E-state index in [2.05, 4.69) is 15.9 Å². The molecule has 2 heterocycles. The summed E-state index contributed by atoms with van der Waals surface area (Å²) in [7, 11) is 1.76. The van der Waals surface area contributed by atoms with E-state index >= 15 is 0 Å². The normalized spacial score (nSPS) is 28.4. The Morgan fingerprint density at radius 1 is 1.24 bits per heavy atom. The fraction of sp³-hybridized carbons (Fsp3) is 0.923. The number of methoxy groups -OCH3 is 1. The summed E-state index contributed by atoms with van der Waals surface area (Å²) in [4.78, 5) is 5.01. The van der Waals surface area contributed by atoms with Crippen LogP contribution in [0.4, 0.5) is 0 Å². The number of likely N-dealkylation sites (tertiary alicyclic amines) is 2. The molecule has 0 radical (unpaired) electrons. The first-order valence-corrected chi connectivity index (χ1v) is 6.68. The minimum atomic E-state index is 0.279. The van der Waals surface area contributed by atoms with Crippen molar-refractivity contribution in [1.29, 1.82) is 5.26 Å². The van der Waals surface area contributed by atoms with Gasteiger partial charge in [0.15, 0.2) is 0 Å². The average Bonchev–Trinajstić information content (AvgIpc) is 2.86. The van der Waals surface area contributed by atoms with E-state index in [1.54, 1.807) is 7.11 Å². The number of nitrogens with zero attached hydrogens (tertiary/aromatic N) is 3. The summed E-state index contributed by atoms with van der Waals surface area (Å²) in [5.41, 5.74) is 0. The highest BCUT2D eigenvalue weighted by Gasteiger charge is 2.30. The van der Waals surface area contributed by atoms with Crippen molar-refractivity contribution in [2.75, 3.05) is 46.4 Å². The van der Waals surface area contributed by atoms with Gasteiger partial charge in [-0.25, -0.2) is 0 Å². The minimum absolute atomic E-state index is 0.279. The van der Waals surface area contributed by atoms with Gasteiger partial charge >= 0.3 is 0 Å². The van der Waals surface area contributed by atoms with Gasteiger partial charge in [0.25, 0.3) is 0 Å². The van der Waals surface area contributed by atoms with E-state index in [-0.39, 0.29) is 5.92 Å². The van der Waals surface area contributed by atoms with Crippen LogP contribution in [0.15, 0.2) is 0 Å². The number of hydrogen-bond acceptors (Lipinski definition) is 4. The second kappa shape index (κ2) is 6.34. The predicted molar refractivity (Wildman–Crippen MR) is 66.6 cm³/mol. The minimum Gasteiger partial charge on any atom is -0.383 e. The van der Waals surface area contributed by atoms with E-state index in [4.69, 9.17) is 10.00 Å². The van der Waals surface area contributed by atoms with Crippen LogP contribution in [0, 0.1) is 17.2 Å². The van der Waals surface area contributed by atoms with Crippen molar-refractivity contribution < 1.29 is 4.74 Å². The lowest BCUT2D eigenvalue weighted by Crippen LogP contribution is -2.44. The lowest BCUT2D eigenvalue weighted by molar-refractivity contribution is 0.0961. The SMILES string of the molecule is COCCN1CCC(N2CCC(C#N)C2)CC1. The smallest absolute Gasteiger partial charge is 0.0669 e. The van der Waals surface area contributed by atoms with Crippen molar-refractivity contribution >= 4 is 0 Å². The van der Waals surface area contributed by atoms with Gasteiger partial charge in [0.2, 0.25) is 0 Å². The fourth-order valence-electron chi connectivity index (χ4n) is 2.95. The zero-order valence-electron chi connectivity index (χ0n) is 10.8. The van der Waals surface area contributed by atoms with Gasteiger partial charge in [-0.05, 0) is 38.9 Å².